The molecular formula is C28H36O5S. The van der Waals surface area contributed by atoms with Crippen molar-refractivity contribution in [2.45, 2.75) is 88.6 Å². The second kappa shape index (κ2) is 10.1. The highest BCUT2D eigenvalue weighted by molar-refractivity contribution is 8.01. The Hall–Kier alpha value is -2.31. The van der Waals surface area contributed by atoms with Crippen molar-refractivity contribution >= 4 is 23.5 Å². The number of aromatic hydroxyl groups is 1. The van der Waals surface area contributed by atoms with Gasteiger partial charge in [-0.25, -0.2) is 0 Å². The van der Waals surface area contributed by atoms with E-state index in [-0.39, 0.29) is 35.9 Å². The molecule has 2 unspecified atom stereocenters. The minimum Gasteiger partial charge on any atom is -0.508 e. The smallest absolute Gasteiger partial charge is 0.327 e. The third-order valence-electron chi connectivity index (χ3n) is 6.77. The fraction of sp³-hybridized carbons (Fsp3) is 0.500. The number of rotatable bonds is 7. The van der Waals surface area contributed by atoms with Crippen molar-refractivity contribution in [2.75, 3.05) is 0 Å². The summed E-state index contributed by atoms with van der Waals surface area (Å²) >= 11 is 1.26. The summed E-state index contributed by atoms with van der Waals surface area (Å²) in [4.78, 5) is 27.5. The maximum Gasteiger partial charge on any atom is 0.327 e. The third kappa shape index (κ3) is 5.66. The van der Waals surface area contributed by atoms with E-state index >= 15 is 0 Å². The number of esters is 1. The van der Waals surface area contributed by atoms with E-state index in [9.17, 15) is 19.8 Å². The molecule has 2 N–H and O–H groups in total. The molecule has 5 nitrogen and oxygen atoms in total. The summed E-state index contributed by atoms with van der Waals surface area (Å²) in [7, 11) is 0. The number of phenols is 1. The number of cyclic esters (lactones) is 1. The van der Waals surface area contributed by atoms with Gasteiger partial charge in [0.25, 0.3) is 0 Å². The molecule has 6 heteroatoms. The van der Waals surface area contributed by atoms with Crippen molar-refractivity contribution in [1.29, 1.82) is 0 Å². The molecule has 2 atom stereocenters. The van der Waals surface area contributed by atoms with E-state index in [1.807, 2.05) is 45.0 Å². The monoisotopic (exact) mass is 484 g/mol. The minimum absolute atomic E-state index is 0.0142. The largest absolute Gasteiger partial charge is 0.508 e. The topological polar surface area (TPSA) is 83.8 Å². The van der Waals surface area contributed by atoms with Crippen LogP contribution in [0.1, 0.15) is 69.7 Å². The Bertz CT molecular complexity index is 1030. The summed E-state index contributed by atoms with van der Waals surface area (Å²) in [6.45, 7) is 12.1. The van der Waals surface area contributed by atoms with Crippen LogP contribution in [0.25, 0.3) is 0 Å². The normalized spacial score (nSPS) is 21.1. The molecule has 0 amide bonds. The van der Waals surface area contributed by atoms with E-state index in [4.69, 9.17) is 4.74 Å². The van der Waals surface area contributed by atoms with Gasteiger partial charge < -0.3 is 14.9 Å². The lowest BCUT2D eigenvalue weighted by Crippen LogP contribution is -2.52. The van der Waals surface area contributed by atoms with E-state index in [1.165, 1.54) is 11.8 Å². The number of phenolic OH excluding ortho intramolecular Hbond substituents is 1. The first-order valence-electron chi connectivity index (χ1n) is 11.8. The molecule has 0 radical (unpaired) electrons. The lowest BCUT2D eigenvalue weighted by Gasteiger charge is -2.41. The van der Waals surface area contributed by atoms with Crippen molar-refractivity contribution < 1.29 is 24.5 Å². The summed E-state index contributed by atoms with van der Waals surface area (Å²) in [5, 5.41) is 18.3. The standard InChI is InChI=1S/C28H36O5S/c1-17(2)28(12-11-19-7-9-21(30)10-8-19)15-23(31)25(26(32)33-28)34-24-13-18(3)20(16-29)14-22(24)27(4,5)6/h7-10,13-14,17,25,29-30H,11-12,15-16H2,1-6H3. The molecule has 1 saturated heterocycles. The summed E-state index contributed by atoms with van der Waals surface area (Å²) in [5.74, 6) is -0.396. The van der Waals surface area contributed by atoms with Crippen LogP contribution in [0.2, 0.25) is 0 Å². The van der Waals surface area contributed by atoms with Crippen LogP contribution in [-0.2, 0) is 32.8 Å². The first-order valence-corrected chi connectivity index (χ1v) is 12.7. The van der Waals surface area contributed by atoms with Gasteiger partial charge >= 0.3 is 5.97 Å². The van der Waals surface area contributed by atoms with E-state index < -0.39 is 16.8 Å². The van der Waals surface area contributed by atoms with Gasteiger partial charge in [0.1, 0.15) is 11.4 Å². The predicted octanol–water partition coefficient (Wildman–Crippen LogP) is 5.49. The van der Waals surface area contributed by atoms with E-state index in [0.717, 1.165) is 27.1 Å². The number of hydrogen-bond acceptors (Lipinski definition) is 6. The number of aryl methyl sites for hydroxylation is 2. The first-order chi connectivity index (χ1) is 15.9. The molecule has 184 valence electrons. The Labute approximate surface area is 206 Å². The number of hydrogen-bond donors (Lipinski definition) is 2. The van der Waals surface area contributed by atoms with Gasteiger partial charge in [0, 0.05) is 11.3 Å². The predicted molar refractivity (Wildman–Crippen MR) is 135 cm³/mol. The number of carbonyl (C=O) groups is 2. The van der Waals surface area contributed by atoms with E-state index in [1.54, 1.807) is 12.1 Å². The van der Waals surface area contributed by atoms with Crippen LogP contribution in [-0.4, -0.2) is 32.8 Å². The number of benzene rings is 2. The number of Topliss-reactive ketones (excluding diaryl/α,β-unsaturated/α-hetero) is 1. The van der Waals surface area contributed by atoms with Crippen molar-refractivity contribution in [3.05, 3.63) is 58.7 Å². The zero-order valence-corrected chi connectivity index (χ0v) is 21.8. The van der Waals surface area contributed by atoms with Crippen molar-refractivity contribution in [2.24, 2.45) is 5.92 Å². The van der Waals surface area contributed by atoms with Gasteiger partial charge in [-0.05, 0) is 71.6 Å². The zero-order chi connectivity index (χ0) is 25.3. The summed E-state index contributed by atoms with van der Waals surface area (Å²) in [6, 6.07) is 10.9. The van der Waals surface area contributed by atoms with Gasteiger partial charge in [-0.1, -0.05) is 52.8 Å². The van der Waals surface area contributed by atoms with Crippen LogP contribution in [0.3, 0.4) is 0 Å². The fourth-order valence-corrected chi connectivity index (χ4v) is 5.75. The van der Waals surface area contributed by atoms with Crippen LogP contribution in [0.15, 0.2) is 41.3 Å². The van der Waals surface area contributed by atoms with Crippen LogP contribution in [0.5, 0.6) is 5.75 Å². The number of thioether (sulfide) groups is 1. The maximum atomic E-state index is 13.4. The van der Waals surface area contributed by atoms with E-state index in [2.05, 4.69) is 20.8 Å². The van der Waals surface area contributed by atoms with Crippen molar-refractivity contribution in [1.82, 2.24) is 0 Å². The third-order valence-corrected chi connectivity index (χ3v) is 8.05. The molecule has 34 heavy (non-hydrogen) atoms. The molecule has 0 bridgehead atoms. The Balaban J connectivity index is 1.84. The molecule has 0 saturated carbocycles. The molecule has 1 aliphatic rings. The van der Waals surface area contributed by atoms with Crippen molar-refractivity contribution in [3.63, 3.8) is 0 Å². The molecule has 3 rings (SSSR count). The second-order valence-corrected chi connectivity index (χ2v) is 11.8. The molecule has 1 fully saturated rings. The Morgan fingerprint density at radius 2 is 1.79 bits per heavy atom. The van der Waals surface area contributed by atoms with Gasteiger partial charge in [0.2, 0.25) is 0 Å². The van der Waals surface area contributed by atoms with Crippen LogP contribution >= 0.6 is 11.8 Å². The summed E-state index contributed by atoms with van der Waals surface area (Å²) < 4.78 is 6.07. The first kappa shape index (κ1) is 26.3. The molecule has 2 aromatic rings. The number of aliphatic hydroxyl groups excluding tert-OH is 1. The molecule has 0 spiro atoms. The molecule has 0 aliphatic carbocycles. The minimum atomic E-state index is -0.902. The maximum absolute atomic E-state index is 13.4. The summed E-state index contributed by atoms with van der Waals surface area (Å²) in [6.07, 6.45) is 1.37. The zero-order valence-electron chi connectivity index (χ0n) is 21.0. The lowest BCUT2D eigenvalue weighted by atomic mass is 9.78. The molecule has 0 aromatic heterocycles. The SMILES string of the molecule is Cc1cc(SC2C(=O)CC(CCc3ccc(O)cc3)(C(C)C)OC2=O)c(C(C)(C)C)cc1CO. The Kier molecular flexibility index (Phi) is 7.83. The molecule has 1 aliphatic heterocycles. The van der Waals surface area contributed by atoms with Gasteiger partial charge in [0.15, 0.2) is 11.0 Å². The molecular weight excluding hydrogens is 448 g/mol. The van der Waals surface area contributed by atoms with Gasteiger partial charge in [-0.15, -0.1) is 11.8 Å². The number of ether oxygens (including phenoxy) is 1. The lowest BCUT2D eigenvalue weighted by molar-refractivity contribution is -0.176. The van der Waals surface area contributed by atoms with E-state index in [0.29, 0.717) is 12.8 Å². The van der Waals surface area contributed by atoms with Crippen LogP contribution in [0, 0.1) is 12.8 Å². The second-order valence-electron chi connectivity index (χ2n) is 10.6. The number of ketones is 1. The molecule has 1 heterocycles. The highest BCUT2D eigenvalue weighted by Crippen LogP contribution is 2.42. The van der Waals surface area contributed by atoms with Crippen LogP contribution in [0.4, 0.5) is 0 Å². The average molecular weight is 485 g/mol. The van der Waals surface area contributed by atoms with Crippen LogP contribution < -0.4 is 0 Å². The quantitative estimate of drug-likeness (QED) is 0.399. The van der Waals surface area contributed by atoms with Gasteiger partial charge in [-0.3, -0.25) is 9.59 Å². The average Bonchev–Trinajstić information content (AvgIpc) is 2.75. The van der Waals surface area contributed by atoms with Crippen molar-refractivity contribution in [3.8, 4) is 5.75 Å². The highest BCUT2D eigenvalue weighted by Gasteiger charge is 2.49. The number of aliphatic hydroxyl groups is 1. The molecule has 2 aromatic carbocycles. The Morgan fingerprint density at radius 3 is 2.32 bits per heavy atom. The Morgan fingerprint density at radius 1 is 1.15 bits per heavy atom. The van der Waals surface area contributed by atoms with Gasteiger partial charge in [0.05, 0.1) is 6.61 Å². The number of carbonyl (C=O) groups excluding carboxylic acids is 2. The fourth-order valence-electron chi connectivity index (χ4n) is 4.40. The highest BCUT2D eigenvalue weighted by atomic mass is 32.2. The summed E-state index contributed by atoms with van der Waals surface area (Å²) in [5.41, 5.74) is 2.74. The van der Waals surface area contributed by atoms with Gasteiger partial charge in [-0.2, -0.15) is 0 Å².